The standard InChI is InChI=1S/C10H16O/c1-9(11)10-7-5-3-2-4-6-8-10/h2-3,10H,4-8H2,1H3. The van der Waals surface area contributed by atoms with Gasteiger partial charge in [0, 0.05) is 5.92 Å². The van der Waals surface area contributed by atoms with Crippen molar-refractivity contribution in [3.63, 3.8) is 0 Å². The van der Waals surface area contributed by atoms with E-state index in [2.05, 4.69) is 12.2 Å². The molecular formula is C10H16O. The van der Waals surface area contributed by atoms with Gasteiger partial charge < -0.3 is 0 Å². The van der Waals surface area contributed by atoms with E-state index in [-0.39, 0.29) is 0 Å². The van der Waals surface area contributed by atoms with Gasteiger partial charge in [0.25, 0.3) is 0 Å². The van der Waals surface area contributed by atoms with Crippen molar-refractivity contribution in [3.05, 3.63) is 12.2 Å². The first-order valence-electron chi connectivity index (χ1n) is 4.46. The van der Waals surface area contributed by atoms with Crippen molar-refractivity contribution in [2.24, 2.45) is 5.92 Å². The van der Waals surface area contributed by atoms with Crippen LogP contribution >= 0.6 is 0 Å². The van der Waals surface area contributed by atoms with Crippen molar-refractivity contribution in [2.45, 2.75) is 39.0 Å². The SMILES string of the molecule is CC(=O)C1CCC=CCCC1. The third-order valence-electron chi connectivity index (χ3n) is 2.35. The summed E-state index contributed by atoms with van der Waals surface area (Å²) in [6.45, 7) is 1.72. The summed E-state index contributed by atoms with van der Waals surface area (Å²) in [6.07, 6.45) is 10.0. The van der Waals surface area contributed by atoms with Gasteiger partial charge in [-0.1, -0.05) is 12.2 Å². The predicted octanol–water partition coefficient (Wildman–Crippen LogP) is 2.71. The molecule has 0 N–H and O–H groups in total. The van der Waals surface area contributed by atoms with Gasteiger partial charge in [-0.15, -0.1) is 0 Å². The monoisotopic (exact) mass is 152 g/mol. The Bertz CT molecular complexity index is 158. The van der Waals surface area contributed by atoms with Crippen LogP contribution in [0.3, 0.4) is 0 Å². The van der Waals surface area contributed by atoms with Gasteiger partial charge in [0.2, 0.25) is 0 Å². The Morgan fingerprint density at radius 1 is 1.27 bits per heavy atom. The highest BCUT2D eigenvalue weighted by Gasteiger charge is 2.13. The number of rotatable bonds is 1. The maximum absolute atomic E-state index is 11.0. The first kappa shape index (κ1) is 8.51. The number of hydrogen-bond acceptors (Lipinski definition) is 1. The lowest BCUT2D eigenvalue weighted by Gasteiger charge is -2.13. The third kappa shape index (κ3) is 2.87. The molecule has 11 heavy (non-hydrogen) atoms. The van der Waals surface area contributed by atoms with Gasteiger partial charge in [-0.05, 0) is 39.0 Å². The van der Waals surface area contributed by atoms with Gasteiger partial charge in [0.05, 0.1) is 0 Å². The van der Waals surface area contributed by atoms with Crippen molar-refractivity contribution >= 4 is 5.78 Å². The van der Waals surface area contributed by atoms with Crippen LogP contribution in [-0.4, -0.2) is 5.78 Å². The lowest BCUT2D eigenvalue weighted by Crippen LogP contribution is -2.11. The van der Waals surface area contributed by atoms with Crippen molar-refractivity contribution in [3.8, 4) is 0 Å². The Hall–Kier alpha value is -0.590. The molecule has 0 spiro atoms. The van der Waals surface area contributed by atoms with Crippen molar-refractivity contribution < 1.29 is 4.79 Å². The summed E-state index contributed by atoms with van der Waals surface area (Å²) in [5.41, 5.74) is 0. The zero-order chi connectivity index (χ0) is 8.10. The van der Waals surface area contributed by atoms with Gasteiger partial charge in [-0.2, -0.15) is 0 Å². The highest BCUT2D eigenvalue weighted by molar-refractivity contribution is 5.78. The van der Waals surface area contributed by atoms with E-state index in [9.17, 15) is 4.79 Å². The van der Waals surface area contributed by atoms with E-state index in [4.69, 9.17) is 0 Å². The molecule has 1 unspecified atom stereocenters. The van der Waals surface area contributed by atoms with Crippen LogP contribution in [0.25, 0.3) is 0 Å². The van der Waals surface area contributed by atoms with Crippen LogP contribution in [0.4, 0.5) is 0 Å². The average Bonchev–Trinajstić information content (AvgIpc) is 1.84. The fraction of sp³-hybridized carbons (Fsp3) is 0.700. The summed E-state index contributed by atoms with van der Waals surface area (Å²) in [4.78, 5) is 11.0. The highest BCUT2D eigenvalue weighted by atomic mass is 16.1. The van der Waals surface area contributed by atoms with Crippen LogP contribution < -0.4 is 0 Å². The van der Waals surface area contributed by atoms with Crippen LogP contribution in [0, 0.1) is 5.92 Å². The zero-order valence-corrected chi connectivity index (χ0v) is 7.18. The summed E-state index contributed by atoms with van der Waals surface area (Å²) in [7, 11) is 0. The average molecular weight is 152 g/mol. The van der Waals surface area contributed by atoms with E-state index in [0.29, 0.717) is 11.7 Å². The molecule has 0 aromatic rings. The van der Waals surface area contributed by atoms with E-state index in [1.807, 2.05) is 0 Å². The van der Waals surface area contributed by atoms with Crippen LogP contribution in [0.15, 0.2) is 12.2 Å². The van der Waals surface area contributed by atoms with E-state index in [1.165, 1.54) is 6.42 Å². The molecular weight excluding hydrogens is 136 g/mol. The van der Waals surface area contributed by atoms with Crippen molar-refractivity contribution in [1.82, 2.24) is 0 Å². The topological polar surface area (TPSA) is 17.1 Å². The largest absolute Gasteiger partial charge is 0.300 e. The summed E-state index contributed by atoms with van der Waals surface area (Å²) in [6, 6.07) is 0. The summed E-state index contributed by atoms with van der Waals surface area (Å²) < 4.78 is 0. The smallest absolute Gasteiger partial charge is 0.132 e. The van der Waals surface area contributed by atoms with Gasteiger partial charge in [0.1, 0.15) is 5.78 Å². The second-order valence-electron chi connectivity index (χ2n) is 3.29. The molecule has 0 aromatic heterocycles. The van der Waals surface area contributed by atoms with Crippen LogP contribution in [0.1, 0.15) is 39.0 Å². The van der Waals surface area contributed by atoms with E-state index < -0.39 is 0 Å². The first-order chi connectivity index (χ1) is 5.30. The fourth-order valence-corrected chi connectivity index (χ4v) is 1.57. The highest BCUT2D eigenvalue weighted by Crippen LogP contribution is 2.19. The number of ketones is 1. The van der Waals surface area contributed by atoms with E-state index in [1.54, 1.807) is 6.92 Å². The molecule has 0 aromatic carbocycles. The normalized spacial score (nSPS) is 25.7. The molecule has 0 bridgehead atoms. The first-order valence-corrected chi connectivity index (χ1v) is 4.46. The number of hydrogen-bond donors (Lipinski definition) is 0. The number of carbonyl (C=O) groups is 1. The minimum absolute atomic E-state index is 0.347. The molecule has 0 radical (unpaired) electrons. The second-order valence-corrected chi connectivity index (χ2v) is 3.29. The summed E-state index contributed by atoms with van der Waals surface area (Å²) in [5.74, 6) is 0.722. The maximum atomic E-state index is 11.0. The summed E-state index contributed by atoms with van der Waals surface area (Å²) in [5, 5.41) is 0. The fourth-order valence-electron chi connectivity index (χ4n) is 1.57. The van der Waals surface area contributed by atoms with Gasteiger partial charge in [0.15, 0.2) is 0 Å². The summed E-state index contributed by atoms with van der Waals surface area (Å²) >= 11 is 0. The molecule has 0 aliphatic heterocycles. The molecule has 1 atom stereocenters. The molecule has 1 rings (SSSR count). The van der Waals surface area contributed by atoms with E-state index >= 15 is 0 Å². The lowest BCUT2D eigenvalue weighted by atomic mass is 9.91. The molecule has 0 heterocycles. The molecule has 1 aliphatic carbocycles. The Morgan fingerprint density at radius 2 is 2.00 bits per heavy atom. The molecule has 1 aliphatic rings. The zero-order valence-electron chi connectivity index (χ0n) is 7.18. The third-order valence-corrected chi connectivity index (χ3v) is 2.35. The molecule has 1 nitrogen and oxygen atoms in total. The molecule has 1 heteroatoms. The molecule has 0 amide bonds. The van der Waals surface area contributed by atoms with Gasteiger partial charge in [-0.25, -0.2) is 0 Å². The van der Waals surface area contributed by atoms with Crippen LogP contribution in [-0.2, 0) is 4.79 Å². The Labute approximate surface area is 68.5 Å². The maximum Gasteiger partial charge on any atom is 0.132 e. The Balaban J connectivity index is 2.42. The molecule has 0 fully saturated rings. The van der Waals surface area contributed by atoms with Crippen LogP contribution in [0.2, 0.25) is 0 Å². The Kier molecular flexibility index (Phi) is 3.34. The van der Waals surface area contributed by atoms with E-state index in [0.717, 1.165) is 25.7 Å². The second kappa shape index (κ2) is 4.32. The quantitative estimate of drug-likeness (QED) is 0.528. The minimum atomic E-state index is 0.347. The number of allylic oxidation sites excluding steroid dienone is 2. The molecule has 0 saturated carbocycles. The van der Waals surface area contributed by atoms with Crippen molar-refractivity contribution in [1.29, 1.82) is 0 Å². The number of carbonyl (C=O) groups excluding carboxylic acids is 1. The van der Waals surface area contributed by atoms with Gasteiger partial charge in [-0.3, -0.25) is 4.79 Å². The van der Waals surface area contributed by atoms with Crippen molar-refractivity contribution in [2.75, 3.05) is 0 Å². The van der Waals surface area contributed by atoms with Gasteiger partial charge >= 0.3 is 0 Å². The van der Waals surface area contributed by atoms with Crippen LogP contribution in [0.5, 0.6) is 0 Å². The number of Topliss-reactive ketones (excluding diaryl/α,β-unsaturated/α-hetero) is 1. The predicted molar refractivity (Wildman–Crippen MR) is 46.4 cm³/mol. The molecule has 0 saturated heterocycles. The molecule has 62 valence electrons. The lowest BCUT2D eigenvalue weighted by molar-refractivity contribution is -0.121. The Morgan fingerprint density at radius 3 is 2.73 bits per heavy atom. The minimum Gasteiger partial charge on any atom is -0.300 e.